The fourth-order valence-electron chi connectivity index (χ4n) is 3.54. The van der Waals surface area contributed by atoms with E-state index in [4.69, 9.17) is 0 Å². The number of hydrogen-bond donors (Lipinski definition) is 2. The summed E-state index contributed by atoms with van der Waals surface area (Å²) in [7, 11) is 3.55. The van der Waals surface area contributed by atoms with E-state index in [0.717, 1.165) is 44.9 Å². The third-order valence-corrected chi connectivity index (χ3v) is 5.40. The van der Waals surface area contributed by atoms with Crippen molar-refractivity contribution in [3.8, 4) is 0 Å². The zero-order valence-corrected chi connectivity index (χ0v) is 17.6. The lowest BCUT2D eigenvalue weighted by molar-refractivity contribution is -0.121. The van der Waals surface area contributed by atoms with E-state index in [1.807, 2.05) is 7.05 Å². The molecule has 0 atom stereocenters. The Morgan fingerprint density at radius 3 is 2.33 bits per heavy atom. The number of nitrogens with one attached hydrogen (secondary N) is 2. The Hall–Kier alpha value is -2.04. The molecule has 150 valence electrons. The van der Waals surface area contributed by atoms with Crippen molar-refractivity contribution in [2.24, 2.45) is 10.9 Å². The predicted octanol–water partition coefficient (Wildman–Crippen LogP) is 2.95. The van der Waals surface area contributed by atoms with Gasteiger partial charge in [-0.3, -0.25) is 9.79 Å². The third-order valence-electron chi connectivity index (χ3n) is 5.40. The van der Waals surface area contributed by atoms with E-state index in [1.165, 1.54) is 11.1 Å². The number of carbonyl (C=O) groups excluding carboxylic acids is 1. The summed E-state index contributed by atoms with van der Waals surface area (Å²) in [4.78, 5) is 18.3. The first kappa shape index (κ1) is 21.3. The molecule has 0 aromatic heterocycles. The van der Waals surface area contributed by atoms with E-state index in [2.05, 4.69) is 65.6 Å². The average Bonchev–Trinajstić information content (AvgIpc) is 2.65. The highest BCUT2D eigenvalue weighted by Crippen LogP contribution is 2.22. The van der Waals surface area contributed by atoms with Crippen LogP contribution >= 0.6 is 0 Å². The van der Waals surface area contributed by atoms with Crippen LogP contribution in [0.5, 0.6) is 0 Å². The third kappa shape index (κ3) is 6.56. The number of carbonyl (C=O) groups is 1. The maximum absolute atomic E-state index is 11.5. The molecule has 1 aromatic carbocycles. The smallest absolute Gasteiger partial charge is 0.220 e. The topological polar surface area (TPSA) is 56.7 Å². The van der Waals surface area contributed by atoms with E-state index in [0.29, 0.717) is 12.3 Å². The van der Waals surface area contributed by atoms with Gasteiger partial charge in [-0.1, -0.05) is 45.0 Å². The molecule has 1 saturated heterocycles. The first-order chi connectivity index (χ1) is 12.8. The molecule has 27 heavy (non-hydrogen) atoms. The summed E-state index contributed by atoms with van der Waals surface area (Å²) in [6.45, 7) is 9.52. The minimum atomic E-state index is 0.147. The van der Waals surface area contributed by atoms with Crippen LogP contribution in [0.4, 0.5) is 0 Å². The molecule has 5 nitrogen and oxygen atoms in total. The molecular weight excluding hydrogens is 336 g/mol. The summed E-state index contributed by atoms with van der Waals surface area (Å²) in [6, 6.07) is 8.94. The Morgan fingerprint density at radius 2 is 1.81 bits per heavy atom. The van der Waals surface area contributed by atoms with Crippen LogP contribution < -0.4 is 10.6 Å². The predicted molar refractivity (Wildman–Crippen MR) is 113 cm³/mol. The summed E-state index contributed by atoms with van der Waals surface area (Å²) in [5.74, 6) is 1.61. The monoisotopic (exact) mass is 372 g/mol. The van der Waals surface area contributed by atoms with E-state index in [-0.39, 0.29) is 11.3 Å². The van der Waals surface area contributed by atoms with Crippen molar-refractivity contribution < 1.29 is 4.79 Å². The molecule has 1 heterocycles. The van der Waals surface area contributed by atoms with Gasteiger partial charge >= 0.3 is 0 Å². The molecule has 0 aliphatic carbocycles. The molecule has 1 aliphatic rings. The molecule has 1 amide bonds. The van der Waals surface area contributed by atoms with Crippen molar-refractivity contribution in [2.75, 3.05) is 33.7 Å². The largest absolute Gasteiger partial charge is 0.359 e. The van der Waals surface area contributed by atoms with Crippen LogP contribution in [0.2, 0.25) is 0 Å². The molecule has 0 radical (unpaired) electrons. The summed E-state index contributed by atoms with van der Waals surface area (Å²) in [6.07, 6.45) is 3.71. The average molecular weight is 373 g/mol. The standard InChI is InChI=1S/C22H36N4O/c1-22(2,3)19-8-6-17(7-9-19)10-13-25-21(24-5)26-14-11-18(12-15-26)16-20(27)23-4/h6-9,18H,10-16H2,1-5H3,(H,23,27)(H,24,25). The van der Waals surface area contributed by atoms with Crippen LogP contribution in [0.3, 0.4) is 0 Å². The van der Waals surface area contributed by atoms with Crippen LogP contribution in [0.1, 0.15) is 51.2 Å². The summed E-state index contributed by atoms with van der Waals surface area (Å²) in [5.41, 5.74) is 2.91. The summed E-state index contributed by atoms with van der Waals surface area (Å²) < 4.78 is 0. The lowest BCUT2D eigenvalue weighted by Crippen LogP contribution is -2.46. The first-order valence-electron chi connectivity index (χ1n) is 10.1. The van der Waals surface area contributed by atoms with Gasteiger partial charge in [0.1, 0.15) is 0 Å². The normalized spacial score (nSPS) is 16.3. The van der Waals surface area contributed by atoms with Crippen LogP contribution in [0.15, 0.2) is 29.3 Å². The minimum Gasteiger partial charge on any atom is -0.359 e. The second-order valence-electron chi connectivity index (χ2n) is 8.48. The van der Waals surface area contributed by atoms with Gasteiger partial charge in [-0.2, -0.15) is 0 Å². The number of rotatable bonds is 5. The van der Waals surface area contributed by atoms with Gasteiger partial charge in [0, 0.05) is 40.2 Å². The number of guanidine groups is 1. The van der Waals surface area contributed by atoms with Gasteiger partial charge in [0.15, 0.2) is 5.96 Å². The number of nitrogens with zero attached hydrogens (tertiary/aromatic N) is 2. The number of benzene rings is 1. The molecular formula is C22H36N4O. The van der Waals surface area contributed by atoms with Crippen molar-refractivity contribution in [2.45, 2.75) is 51.9 Å². The van der Waals surface area contributed by atoms with Crippen molar-refractivity contribution in [3.05, 3.63) is 35.4 Å². The molecule has 2 rings (SSSR count). The fraction of sp³-hybridized carbons (Fsp3) is 0.636. The number of aliphatic imine (C=N–C) groups is 1. The van der Waals surface area contributed by atoms with E-state index >= 15 is 0 Å². The van der Waals surface area contributed by atoms with Crippen LogP contribution in [0.25, 0.3) is 0 Å². The van der Waals surface area contributed by atoms with Gasteiger partial charge in [-0.25, -0.2) is 0 Å². The molecule has 2 N–H and O–H groups in total. The quantitative estimate of drug-likeness (QED) is 0.617. The highest BCUT2D eigenvalue weighted by atomic mass is 16.1. The SMILES string of the molecule is CN=C(NCCc1ccc(C(C)(C)C)cc1)N1CCC(CC(=O)NC)CC1. The Kier molecular flexibility index (Phi) is 7.69. The maximum Gasteiger partial charge on any atom is 0.220 e. The van der Waals surface area contributed by atoms with Crippen molar-refractivity contribution in [3.63, 3.8) is 0 Å². The fourth-order valence-corrected chi connectivity index (χ4v) is 3.54. The van der Waals surface area contributed by atoms with E-state index < -0.39 is 0 Å². The molecule has 5 heteroatoms. The zero-order valence-electron chi connectivity index (χ0n) is 17.6. The molecule has 1 aromatic rings. The Morgan fingerprint density at radius 1 is 1.19 bits per heavy atom. The second kappa shape index (κ2) is 9.77. The number of likely N-dealkylation sites (tertiary alicyclic amines) is 1. The molecule has 0 saturated carbocycles. The molecule has 0 spiro atoms. The lowest BCUT2D eigenvalue weighted by Gasteiger charge is -2.34. The van der Waals surface area contributed by atoms with Crippen molar-refractivity contribution >= 4 is 11.9 Å². The lowest BCUT2D eigenvalue weighted by atomic mass is 9.86. The highest BCUT2D eigenvalue weighted by molar-refractivity contribution is 5.80. The maximum atomic E-state index is 11.5. The first-order valence-corrected chi connectivity index (χ1v) is 10.1. The van der Waals surface area contributed by atoms with Crippen LogP contribution in [-0.4, -0.2) is 50.5 Å². The minimum absolute atomic E-state index is 0.147. The van der Waals surface area contributed by atoms with Crippen molar-refractivity contribution in [1.82, 2.24) is 15.5 Å². The molecule has 1 aliphatic heterocycles. The number of amides is 1. The second-order valence-corrected chi connectivity index (χ2v) is 8.48. The van der Waals surface area contributed by atoms with Crippen molar-refractivity contribution in [1.29, 1.82) is 0 Å². The van der Waals surface area contributed by atoms with Gasteiger partial charge in [0.2, 0.25) is 5.91 Å². The van der Waals surface area contributed by atoms with E-state index in [1.54, 1.807) is 7.05 Å². The van der Waals surface area contributed by atoms with Crippen LogP contribution in [-0.2, 0) is 16.6 Å². The molecule has 0 unspecified atom stereocenters. The van der Waals surface area contributed by atoms with E-state index in [9.17, 15) is 4.79 Å². The van der Waals surface area contributed by atoms with Gasteiger partial charge in [0.25, 0.3) is 0 Å². The van der Waals surface area contributed by atoms with Crippen LogP contribution in [0, 0.1) is 5.92 Å². The molecule has 0 bridgehead atoms. The Bertz CT molecular complexity index is 623. The van der Waals surface area contributed by atoms with Gasteiger partial charge in [-0.15, -0.1) is 0 Å². The highest BCUT2D eigenvalue weighted by Gasteiger charge is 2.23. The van der Waals surface area contributed by atoms with Gasteiger partial charge in [0.05, 0.1) is 0 Å². The number of hydrogen-bond acceptors (Lipinski definition) is 2. The van der Waals surface area contributed by atoms with Gasteiger partial charge < -0.3 is 15.5 Å². The summed E-state index contributed by atoms with van der Waals surface area (Å²) in [5, 5.41) is 6.22. The Balaban J connectivity index is 1.77. The Labute approximate surface area is 164 Å². The summed E-state index contributed by atoms with van der Waals surface area (Å²) >= 11 is 0. The zero-order chi connectivity index (χ0) is 19.9. The number of piperidine rings is 1. The molecule has 1 fully saturated rings. The van der Waals surface area contributed by atoms with Gasteiger partial charge in [-0.05, 0) is 41.7 Å².